The number of halogens is 1. The molecule has 0 heterocycles. The molecule has 0 unspecified atom stereocenters. The minimum absolute atomic E-state index is 0.0546. The van der Waals surface area contributed by atoms with E-state index in [4.69, 9.17) is 16.9 Å². The van der Waals surface area contributed by atoms with Gasteiger partial charge in [0, 0.05) is 12.1 Å². The highest BCUT2D eigenvalue weighted by Crippen LogP contribution is 2.20. The van der Waals surface area contributed by atoms with Gasteiger partial charge in [-0.15, -0.1) is 0 Å². The summed E-state index contributed by atoms with van der Waals surface area (Å²) in [7, 11) is 1.85. The van der Waals surface area contributed by atoms with Crippen LogP contribution < -0.4 is 10.6 Å². The van der Waals surface area contributed by atoms with Crippen LogP contribution in [0.2, 0.25) is 5.02 Å². The van der Waals surface area contributed by atoms with Gasteiger partial charge in [-0.2, -0.15) is 5.26 Å². The summed E-state index contributed by atoms with van der Waals surface area (Å²) in [4.78, 5) is 11.5. The third-order valence-corrected chi connectivity index (χ3v) is 2.52. The number of nitrogens with zero attached hydrogens (tertiary/aromatic N) is 1. The maximum atomic E-state index is 11.5. The standard InChI is InChI=1S/C12H14ClN3O/c1-15-6-2-3-12(17)16-10-5-4-9(8-14)11(13)7-10/h4-5,7,15H,2-3,6H2,1H3,(H,16,17). The Balaban J connectivity index is 2.55. The summed E-state index contributed by atoms with van der Waals surface area (Å²) in [5.41, 5.74) is 1.02. The van der Waals surface area contributed by atoms with Gasteiger partial charge in [-0.1, -0.05) is 11.6 Å². The Morgan fingerprint density at radius 2 is 2.29 bits per heavy atom. The third kappa shape index (κ3) is 4.43. The Labute approximate surface area is 106 Å². The van der Waals surface area contributed by atoms with Crippen molar-refractivity contribution in [2.24, 2.45) is 0 Å². The number of carbonyl (C=O) groups excluding carboxylic acids is 1. The predicted molar refractivity (Wildman–Crippen MR) is 68.0 cm³/mol. The molecular weight excluding hydrogens is 238 g/mol. The van der Waals surface area contributed by atoms with Crippen LogP contribution in [-0.4, -0.2) is 19.5 Å². The maximum absolute atomic E-state index is 11.5. The zero-order valence-electron chi connectivity index (χ0n) is 9.59. The second-order valence-corrected chi connectivity index (χ2v) is 3.97. The Morgan fingerprint density at radius 3 is 2.88 bits per heavy atom. The lowest BCUT2D eigenvalue weighted by atomic mass is 10.2. The molecule has 4 nitrogen and oxygen atoms in total. The highest BCUT2D eigenvalue weighted by atomic mass is 35.5. The molecule has 2 N–H and O–H groups in total. The molecule has 0 aliphatic carbocycles. The van der Waals surface area contributed by atoms with Crippen LogP contribution >= 0.6 is 11.6 Å². The molecule has 0 bridgehead atoms. The highest BCUT2D eigenvalue weighted by Gasteiger charge is 2.04. The first-order valence-electron chi connectivity index (χ1n) is 5.31. The van der Waals surface area contributed by atoms with E-state index >= 15 is 0 Å². The van der Waals surface area contributed by atoms with Crippen molar-refractivity contribution in [3.05, 3.63) is 28.8 Å². The smallest absolute Gasteiger partial charge is 0.224 e. The molecule has 0 saturated heterocycles. The fourth-order valence-electron chi connectivity index (χ4n) is 1.33. The Hall–Kier alpha value is -1.57. The SMILES string of the molecule is CNCCCC(=O)Nc1ccc(C#N)c(Cl)c1. The summed E-state index contributed by atoms with van der Waals surface area (Å²) >= 11 is 5.86. The van der Waals surface area contributed by atoms with Gasteiger partial charge in [-0.3, -0.25) is 4.79 Å². The van der Waals surface area contributed by atoms with Gasteiger partial charge < -0.3 is 10.6 Å². The third-order valence-electron chi connectivity index (χ3n) is 2.20. The Morgan fingerprint density at radius 1 is 1.53 bits per heavy atom. The number of anilines is 1. The van der Waals surface area contributed by atoms with Gasteiger partial charge in [0.15, 0.2) is 0 Å². The number of hydrogen-bond acceptors (Lipinski definition) is 3. The lowest BCUT2D eigenvalue weighted by Crippen LogP contribution is -2.15. The first-order valence-corrected chi connectivity index (χ1v) is 5.69. The van der Waals surface area contributed by atoms with Crippen LogP contribution in [0.25, 0.3) is 0 Å². The van der Waals surface area contributed by atoms with Crippen molar-refractivity contribution in [2.75, 3.05) is 18.9 Å². The number of amides is 1. The van der Waals surface area contributed by atoms with Gasteiger partial charge in [0.1, 0.15) is 6.07 Å². The zero-order valence-corrected chi connectivity index (χ0v) is 10.3. The van der Waals surface area contributed by atoms with Crippen LogP contribution in [0.1, 0.15) is 18.4 Å². The molecule has 1 amide bonds. The fourth-order valence-corrected chi connectivity index (χ4v) is 1.56. The van der Waals surface area contributed by atoms with E-state index in [1.54, 1.807) is 18.2 Å². The summed E-state index contributed by atoms with van der Waals surface area (Å²) in [6, 6.07) is 6.80. The maximum Gasteiger partial charge on any atom is 0.224 e. The number of carbonyl (C=O) groups is 1. The van der Waals surface area contributed by atoms with Gasteiger partial charge in [0.25, 0.3) is 0 Å². The van der Waals surface area contributed by atoms with Crippen molar-refractivity contribution in [3.8, 4) is 6.07 Å². The van der Waals surface area contributed by atoms with E-state index in [0.717, 1.165) is 13.0 Å². The van der Waals surface area contributed by atoms with Crippen molar-refractivity contribution >= 4 is 23.2 Å². The molecule has 1 aromatic carbocycles. The van der Waals surface area contributed by atoms with Crippen LogP contribution in [0.3, 0.4) is 0 Å². The van der Waals surface area contributed by atoms with E-state index in [1.807, 2.05) is 13.1 Å². The molecule has 0 atom stereocenters. The topological polar surface area (TPSA) is 64.9 Å². The quantitative estimate of drug-likeness (QED) is 0.788. The van der Waals surface area contributed by atoms with E-state index in [-0.39, 0.29) is 5.91 Å². The van der Waals surface area contributed by atoms with Crippen LogP contribution in [0.15, 0.2) is 18.2 Å². The summed E-state index contributed by atoms with van der Waals surface area (Å²) in [5, 5.41) is 14.8. The van der Waals surface area contributed by atoms with Crippen LogP contribution in [0.5, 0.6) is 0 Å². The van der Waals surface area contributed by atoms with Gasteiger partial charge >= 0.3 is 0 Å². The molecule has 0 radical (unpaired) electrons. The lowest BCUT2D eigenvalue weighted by molar-refractivity contribution is -0.116. The van der Waals surface area contributed by atoms with Gasteiger partial charge in [0.2, 0.25) is 5.91 Å². The molecule has 0 aliphatic rings. The van der Waals surface area contributed by atoms with Gasteiger partial charge in [-0.25, -0.2) is 0 Å². The molecule has 0 saturated carbocycles. The van der Waals surface area contributed by atoms with Crippen molar-refractivity contribution in [1.82, 2.24) is 5.32 Å². The molecule has 17 heavy (non-hydrogen) atoms. The van der Waals surface area contributed by atoms with Crippen LogP contribution in [0.4, 0.5) is 5.69 Å². The number of nitriles is 1. The second kappa shape index (κ2) is 6.89. The first-order chi connectivity index (χ1) is 8.17. The first kappa shape index (κ1) is 13.5. The number of hydrogen-bond donors (Lipinski definition) is 2. The zero-order chi connectivity index (χ0) is 12.7. The largest absolute Gasteiger partial charge is 0.326 e. The van der Waals surface area contributed by atoms with Crippen LogP contribution in [-0.2, 0) is 4.79 Å². The van der Waals surface area contributed by atoms with Crippen molar-refractivity contribution in [2.45, 2.75) is 12.8 Å². The van der Waals surface area contributed by atoms with Crippen molar-refractivity contribution in [3.63, 3.8) is 0 Å². The fraction of sp³-hybridized carbons (Fsp3) is 0.333. The summed E-state index contributed by atoms with van der Waals surface area (Å²) in [5.74, 6) is -0.0546. The molecule has 90 valence electrons. The molecule has 1 rings (SSSR count). The van der Waals surface area contributed by atoms with E-state index in [2.05, 4.69) is 10.6 Å². The number of nitrogens with one attached hydrogen (secondary N) is 2. The number of benzene rings is 1. The average Bonchev–Trinajstić information content (AvgIpc) is 2.29. The minimum atomic E-state index is -0.0546. The van der Waals surface area contributed by atoms with E-state index in [1.165, 1.54) is 0 Å². The van der Waals surface area contributed by atoms with Crippen molar-refractivity contribution in [1.29, 1.82) is 5.26 Å². The molecule has 1 aromatic rings. The normalized spacial score (nSPS) is 9.71. The van der Waals surface area contributed by atoms with E-state index < -0.39 is 0 Å². The summed E-state index contributed by atoms with van der Waals surface area (Å²) in [6.45, 7) is 0.807. The molecule has 5 heteroatoms. The van der Waals surface area contributed by atoms with Crippen LogP contribution in [0, 0.1) is 11.3 Å². The average molecular weight is 252 g/mol. The molecule has 0 fully saturated rings. The monoisotopic (exact) mass is 251 g/mol. The minimum Gasteiger partial charge on any atom is -0.326 e. The lowest BCUT2D eigenvalue weighted by Gasteiger charge is -2.06. The predicted octanol–water partition coefficient (Wildman–Crippen LogP) is 2.15. The van der Waals surface area contributed by atoms with Gasteiger partial charge in [-0.05, 0) is 38.2 Å². The summed E-state index contributed by atoms with van der Waals surface area (Å²) < 4.78 is 0. The highest BCUT2D eigenvalue weighted by molar-refractivity contribution is 6.32. The van der Waals surface area contributed by atoms with E-state index in [0.29, 0.717) is 22.7 Å². The van der Waals surface area contributed by atoms with Crippen molar-refractivity contribution < 1.29 is 4.79 Å². The second-order valence-electron chi connectivity index (χ2n) is 3.56. The molecule has 0 spiro atoms. The molecular formula is C12H14ClN3O. The molecule has 0 aromatic heterocycles. The van der Waals surface area contributed by atoms with Gasteiger partial charge in [0.05, 0.1) is 10.6 Å². The Kier molecular flexibility index (Phi) is 5.47. The van der Waals surface area contributed by atoms with E-state index in [9.17, 15) is 4.79 Å². The molecule has 0 aliphatic heterocycles. The number of rotatable bonds is 5. The summed E-state index contributed by atoms with van der Waals surface area (Å²) in [6.07, 6.45) is 1.24. The Bertz CT molecular complexity index is 440.